The van der Waals surface area contributed by atoms with Crippen molar-refractivity contribution in [2.24, 2.45) is 23.5 Å². The van der Waals surface area contributed by atoms with E-state index >= 15 is 0 Å². The molecule has 0 aromatic heterocycles. The fraction of sp³-hybridized carbons (Fsp3) is 0.846. The molecule has 1 unspecified atom stereocenters. The van der Waals surface area contributed by atoms with Crippen LogP contribution < -0.4 is 11.1 Å². The van der Waals surface area contributed by atoms with Crippen LogP contribution in [-0.4, -0.2) is 31.6 Å². The smallest absolute Gasteiger partial charge is 0.243 e. The number of primary amides is 1. The van der Waals surface area contributed by atoms with Gasteiger partial charge in [0.15, 0.2) is 0 Å². The zero-order valence-corrected chi connectivity index (χ0v) is 11.3. The van der Waals surface area contributed by atoms with E-state index < -0.39 is 5.91 Å². The van der Waals surface area contributed by atoms with Gasteiger partial charge in [-0.3, -0.25) is 9.59 Å². The van der Waals surface area contributed by atoms with Crippen LogP contribution in [0.15, 0.2) is 0 Å². The van der Waals surface area contributed by atoms with Gasteiger partial charge in [-0.1, -0.05) is 13.8 Å². The van der Waals surface area contributed by atoms with E-state index in [9.17, 15) is 9.59 Å². The number of carbonyl (C=O) groups excluding carboxylic acids is 2. The highest BCUT2D eigenvalue weighted by Gasteiger charge is 2.28. The molecule has 2 amide bonds. The average molecular weight is 256 g/mol. The Morgan fingerprint density at radius 1 is 1.22 bits per heavy atom. The molecular formula is C13H24N2O3. The Kier molecular flexibility index (Phi) is 6.12. The van der Waals surface area contributed by atoms with Gasteiger partial charge in [-0.05, 0) is 31.1 Å². The van der Waals surface area contributed by atoms with Crippen LogP contribution in [0.5, 0.6) is 0 Å². The number of nitrogens with one attached hydrogen (secondary N) is 1. The lowest BCUT2D eigenvalue weighted by molar-refractivity contribution is -0.127. The fourth-order valence-electron chi connectivity index (χ4n) is 2.72. The molecular weight excluding hydrogens is 232 g/mol. The van der Waals surface area contributed by atoms with E-state index in [1.807, 2.05) is 0 Å². The van der Waals surface area contributed by atoms with Gasteiger partial charge in [0.25, 0.3) is 0 Å². The third-order valence-electron chi connectivity index (χ3n) is 3.34. The minimum Gasteiger partial charge on any atom is -0.370 e. The second kappa shape index (κ2) is 7.36. The van der Waals surface area contributed by atoms with Crippen LogP contribution in [0.25, 0.3) is 0 Å². The average Bonchev–Trinajstić information content (AvgIpc) is 2.26. The van der Waals surface area contributed by atoms with Gasteiger partial charge in [-0.2, -0.15) is 0 Å². The zero-order chi connectivity index (χ0) is 13.5. The number of nitrogens with two attached hydrogens (primary N) is 1. The van der Waals surface area contributed by atoms with Crippen LogP contribution in [0.4, 0.5) is 0 Å². The summed E-state index contributed by atoms with van der Waals surface area (Å²) in [5.74, 6) is 0.985. The van der Waals surface area contributed by atoms with Crippen LogP contribution in [0.3, 0.4) is 0 Å². The summed E-state index contributed by atoms with van der Waals surface area (Å²) < 4.78 is 4.99. The monoisotopic (exact) mass is 256 g/mol. The molecule has 5 heteroatoms. The highest BCUT2D eigenvalue weighted by Crippen LogP contribution is 2.32. The Morgan fingerprint density at radius 3 is 2.39 bits per heavy atom. The summed E-state index contributed by atoms with van der Waals surface area (Å²) in [4.78, 5) is 22.4. The van der Waals surface area contributed by atoms with Gasteiger partial charge in [-0.15, -0.1) is 0 Å². The van der Waals surface area contributed by atoms with Gasteiger partial charge in [0.1, 0.15) is 6.61 Å². The molecule has 5 nitrogen and oxygen atoms in total. The molecule has 0 spiro atoms. The summed E-state index contributed by atoms with van der Waals surface area (Å²) in [6, 6.07) is 0. The first kappa shape index (κ1) is 15.0. The summed E-state index contributed by atoms with van der Waals surface area (Å²) in [5, 5.41) is 2.85. The largest absolute Gasteiger partial charge is 0.370 e. The highest BCUT2D eigenvalue weighted by molar-refractivity contribution is 5.78. The fourth-order valence-corrected chi connectivity index (χ4v) is 2.72. The molecule has 1 aliphatic carbocycles. The summed E-state index contributed by atoms with van der Waals surface area (Å²) in [7, 11) is 0. The van der Waals surface area contributed by atoms with Crippen molar-refractivity contribution in [3.63, 3.8) is 0 Å². The Bertz CT molecular complexity index is 284. The summed E-state index contributed by atoms with van der Waals surface area (Å²) >= 11 is 0. The van der Waals surface area contributed by atoms with Crippen LogP contribution in [0.2, 0.25) is 0 Å². The Morgan fingerprint density at radius 2 is 1.83 bits per heavy atom. The molecule has 0 aromatic rings. The molecule has 1 aliphatic rings. The predicted octanol–water partition coefficient (Wildman–Crippen LogP) is 0.677. The van der Waals surface area contributed by atoms with E-state index in [1.54, 1.807) is 0 Å². The summed E-state index contributed by atoms with van der Waals surface area (Å²) in [5.41, 5.74) is 4.93. The molecule has 1 rings (SSSR count). The Hall–Kier alpha value is -1.10. The minimum atomic E-state index is -0.490. The van der Waals surface area contributed by atoms with Gasteiger partial charge in [0.05, 0.1) is 6.61 Å². The number of hydrogen-bond donors (Lipinski definition) is 2. The maximum Gasteiger partial charge on any atom is 0.243 e. The molecule has 0 aromatic carbocycles. The van der Waals surface area contributed by atoms with Gasteiger partial charge in [0, 0.05) is 12.5 Å². The van der Waals surface area contributed by atoms with Gasteiger partial charge < -0.3 is 15.8 Å². The lowest BCUT2D eigenvalue weighted by Gasteiger charge is -2.30. The molecule has 0 bridgehead atoms. The molecule has 0 aliphatic heterocycles. The predicted molar refractivity (Wildman–Crippen MR) is 68.7 cm³/mol. The van der Waals surface area contributed by atoms with E-state index in [-0.39, 0.29) is 18.4 Å². The molecule has 0 radical (unpaired) electrons. The molecule has 0 saturated heterocycles. The number of carbonyl (C=O) groups is 2. The maximum absolute atomic E-state index is 11.9. The molecule has 1 fully saturated rings. The number of hydrogen-bond acceptors (Lipinski definition) is 3. The van der Waals surface area contributed by atoms with E-state index in [4.69, 9.17) is 10.5 Å². The first-order valence-corrected chi connectivity index (χ1v) is 6.62. The number of rotatable bonds is 6. The van der Waals surface area contributed by atoms with Crippen LogP contribution in [0, 0.1) is 17.8 Å². The first-order chi connectivity index (χ1) is 8.49. The number of ether oxygens (including phenoxy) is 1. The van der Waals surface area contributed by atoms with Crippen LogP contribution in [0.1, 0.15) is 33.1 Å². The Labute approximate surface area is 108 Å². The van der Waals surface area contributed by atoms with Gasteiger partial charge >= 0.3 is 0 Å². The van der Waals surface area contributed by atoms with Crippen LogP contribution >= 0.6 is 0 Å². The lowest BCUT2D eigenvalue weighted by atomic mass is 9.76. The molecule has 18 heavy (non-hydrogen) atoms. The van der Waals surface area contributed by atoms with Crippen molar-refractivity contribution >= 4 is 11.8 Å². The van der Waals surface area contributed by atoms with Crippen molar-refractivity contribution in [1.82, 2.24) is 5.32 Å². The van der Waals surface area contributed by atoms with Gasteiger partial charge in [-0.25, -0.2) is 0 Å². The van der Waals surface area contributed by atoms with Crippen molar-refractivity contribution in [3.05, 3.63) is 0 Å². The summed E-state index contributed by atoms with van der Waals surface area (Å²) in [6.07, 6.45) is 3.15. The lowest BCUT2D eigenvalue weighted by Crippen LogP contribution is -2.37. The molecule has 3 atom stereocenters. The van der Waals surface area contributed by atoms with Crippen molar-refractivity contribution in [3.8, 4) is 0 Å². The quantitative estimate of drug-likeness (QED) is 0.686. The van der Waals surface area contributed by atoms with Crippen molar-refractivity contribution in [1.29, 1.82) is 0 Å². The first-order valence-electron chi connectivity index (χ1n) is 6.62. The normalized spacial score (nSPS) is 27.8. The minimum absolute atomic E-state index is 0.0899. The highest BCUT2D eigenvalue weighted by atomic mass is 16.5. The number of amides is 2. The third kappa shape index (κ3) is 5.49. The van der Waals surface area contributed by atoms with E-state index in [0.29, 0.717) is 25.0 Å². The molecule has 0 heterocycles. The van der Waals surface area contributed by atoms with Gasteiger partial charge in [0.2, 0.25) is 11.8 Å². The van der Waals surface area contributed by atoms with Crippen molar-refractivity contribution in [2.75, 3.05) is 19.8 Å². The van der Waals surface area contributed by atoms with Crippen LogP contribution in [-0.2, 0) is 14.3 Å². The maximum atomic E-state index is 11.9. The zero-order valence-electron chi connectivity index (χ0n) is 11.3. The Balaban J connectivity index is 2.18. The third-order valence-corrected chi connectivity index (χ3v) is 3.34. The second-order valence-electron chi connectivity index (χ2n) is 5.42. The standard InChI is InChI=1S/C13H24N2O3/c1-9-5-10(2)7-11(6-9)13(17)15-3-4-18-8-12(14)16/h9-11H,3-8H2,1-2H3,(H2,14,16)(H,15,17)/t9-,10+,11?. The second-order valence-corrected chi connectivity index (χ2v) is 5.42. The molecule has 1 saturated carbocycles. The topological polar surface area (TPSA) is 81.4 Å². The van der Waals surface area contributed by atoms with Crippen molar-refractivity contribution in [2.45, 2.75) is 33.1 Å². The van der Waals surface area contributed by atoms with E-state index in [2.05, 4.69) is 19.2 Å². The van der Waals surface area contributed by atoms with Crippen molar-refractivity contribution < 1.29 is 14.3 Å². The van der Waals surface area contributed by atoms with E-state index in [0.717, 1.165) is 12.8 Å². The SMILES string of the molecule is C[C@@H]1CC(C(=O)NCCOCC(N)=O)C[C@H](C)C1. The molecule has 104 valence electrons. The van der Waals surface area contributed by atoms with E-state index in [1.165, 1.54) is 6.42 Å². The molecule has 3 N–H and O–H groups in total. The summed E-state index contributed by atoms with van der Waals surface area (Å²) in [6.45, 7) is 5.07.